The van der Waals surface area contributed by atoms with Gasteiger partial charge in [-0.05, 0) is 58.2 Å². The molecule has 8 nitrogen and oxygen atoms in total. The van der Waals surface area contributed by atoms with E-state index in [0.717, 1.165) is 77.0 Å². The van der Waals surface area contributed by atoms with Crippen LogP contribution >= 0.6 is 0 Å². The molecule has 1 aromatic heterocycles. The highest BCUT2D eigenvalue weighted by Crippen LogP contribution is 2.50. The largest absolute Gasteiger partial charge is 0.465 e. The second kappa shape index (κ2) is 6.62. The van der Waals surface area contributed by atoms with Crippen LogP contribution in [-0.4, -0.2) is 75.3 Å². The van der Waals surface area contributed by atoms with Crippen LogP contribution in [0.3, 0.4) is 0 Å². The van der Waals surface area contributed by atoms with E-state index in [0.29, 0.717) is 12.1 Å². The average molecular weight is 390 g/mol. The molecule has 0 aromatic carbocycles. The van der Waals surface area contributed by atoms with Crippen molar-refractivity contribution in [3.05, 3.63) is 22.5 Å². The summed E-state index contributed by atoms with van der Waals surface area (Å²) in [5.74, 6) is 0.550. The molecule has 5 rings (SSSR count). The maximum Gasteiger partial charge on any atom is 0.418 e. The van der Waals surface area contributed by atoms with E-state index in [2.05, 4.69) is 9.80 Å². The molecule has 1 N–H and O–H groups in total. The predicted octanol–water partition coefficient (Wildman–Crippen LogP) is 1.72. The first-order valence-corrected chi connectivity index (χ1v) is 10.6. The fourth-order valence-corrected chi connectivity index (χ4v) is 6.07. The third-order valence-corrected chi connectivity index (χ3v) is 7.58. The van der Waals surface area contributed by atoms with Gasteiger partial charge in [-0.25, -0.2) is 9.59 Å². The standard InChI is InChI=1S/C20H30N4O4/c1-21-11-17(28-19(21)27)16-3-2-6-24(16)14-4-7-22(8-5-14)15-9-20(10-15)12-23(13-20)18(25)26/h11,14-16H,2-10,12-13H2,1H3,(H,25,26)/t16-/m1/s1. The number of carboxylic acid groups (broad SMARTS) is 1. The Bertz CT molecular complexity index is 795. The zero-order valence-electron chi connectivity index (χ0n) is 16.5. The van der Waals surface area contributed by atoms with Crippen LogP contribution in [0.4, 0.5) is 4.79 Å². The number of hydrogen-bond acceptors (Lipinski definition) is 5. The van der Waals surface area contributed by atoms with Crippen LogP contribution in [-0.2, 0) is 7.05 Å². The summed E-state index contributed by atoms with van der Waals surface area (Å²) in [7, 11) is 1.75. The molecule has 154 valence electrons. The number of amides is 1. The molecule has 4 fully saturated rings. The highest BCUT2D eigenvalue weighted by molar-refractivity contribution is 5.66. The van der Waals surface area contributed by atoms with Crippen LogP contribution < -0.4 is 5.76 Å². The third-order valence-electron chi connectivity index (χ3n) is 7.58. The third kappa shape index (κ3) is 2.97. The monoisotopic (exact) mass is 390 g/mol. The molecular formula is C20H30N4O4. The van der Waals surface area contributed by atoms with Gasteiger partial charge < -0.3 is 19.3 Å². The van der Waals surface area contributed by atoms with Crippen molar-refractivity contribution >= 4 is 6.09 Å². The van der Waals surface area contributed by atoms with Crippen molar-refractivity contribution in [1.82, 2.24) is 19.3 Å². The molecule has 1 amide bonds. The van der Waals surface area contributed by atoms with Crippen LogP contribution in [0.25, 0.3) is 0 Å². The van der Waals surface area contributed by atoms with Gasteiger partial charge in [-0.15, -0.1) is 0 Å². The SMILES string of the molecule is Cn1cc([C@H]2CCCN2C2CCN(C3CC4(C3)CN(C(=O)O)C4)CC2)oc1=O. The minimum Gasteiger partial charge on any atom is -0.465 e. The van der Waals surface area contributed by atoms with E-state index < -0.39 is 6.09 Å². The Hall–Kier alpha value is -1.80. The lowest BCUT2D eigenvalue weighted by atomic mass is 9.60. The summed E-state index contributed by atoms with van der Waals surface area (Å²) < 4.78 is 7.02. The number of hydrogen-bond donors (Lipinski definition) is 1. The molecule has 0 radical (unpaired) electrons. The fourth-order valence-electron chi connectivity index (χ4n) is 6.07. The van der Waals surface area contributed by atoms with E-state index in [1.165, 1.54) is 9.47 Å². The minimum absolute atomic E-state index is 0.245. The van der Waals surface area contributed by atoms with Gasteiger partial charge in [0.2, 0.25) is 0 Å². The summed E-state index contributed by atoms with van der Waals surface area (Å²) in [5.41, 5.74) is 0.283. The summed E-state index contributed by atoms with van der Waals surface area (Å²) in [6, 6.07) is 1.45. The Balaban J connectivity index is 1.14. The lowest BCUT2D eigenvalue weighted by Crippen LogP contribution is -2.68. The number of rotatable bonds is 3. The summed E-state index contributed by atoms with van der Waals surface area (Å²) in [5, 5.41) is 9.04. The zero-order chi connectivity index (χ0) is 19.5. The van der Waals surface area contributed by atoms with E-state index >= 15 is 0 Å². The Labute approximate surface area is 164 Å². The highest BCUT2D eigenvalue weighted by atomic mass is 16.4. The number of piperidine rings is 1. The Kier molecular flexibility index (Phi) is 4.32. The first-order chi connectivity index (χ1) is 13.4. The normalized spacial score (nSPS) is 29.2. The van der Waals surface area contributed by atoms with E-state index in [1.807, 2.05) is 6.20 Å². The molecule has 3 saturated heterocycles. The summed E-state index contributed by atoms with van der Waals surface area (Å²) in [6.45, 7) is 4.79. The maximum atomic E-state index is 11.7. The van der Waals surface area contributed by atoms with E-state index in [-0.39, 0.29) is 17.2 Å². The van der Waals surface area contributed by atoms with Gasteiger partial charge in [-0.1, -0.05) is 0 Å². The van der Waals surface area contributed by atoms with Crippen molar-refractivity contribution in [2.45, 2.75) is 56.7 Å². The number of aryl methyl sites for hydroxylation is 1. The minimum atomic E-state index is -0.774. The van der Waals surface area contributed by atoms with E-state index in [9.17, 15) is 9.59 Å². The molecule has 3 aliphatic heterocycles. The van der Waals surface area contributed by atoms with Gasteiger partial charge in [-0.3, -0.25) is 9.47 Å². The average Bonchev–Trinajstić information content (AvgIpc) is 3.20. The molecule has 28 heavy (non-hydrogen) atoms. The summed E-state index contributed by atoms with van der Waals surface area (Å²) in [4.78, 5) is 29.4. The molecule has 1 atom stereocenters. The van der Waals surface area contributed by atoms with Crippen molar-refractivity contribution in [3.8, 4) is 0 Å². The van der Waals surface area contributed by atoms with Gasteiger partial charge in [0, 0.05) is 37.6 Å². The molecule has 1 saturated carbocycles. The molecule has 8 heteroatoms. The van der Waals surface area contributed by atoms with Crippen molar-refractivity contribution in [2.75, 3.05) is 32.7 Å². The molecule has 0 unspecified atom stereocenters. The topological polar surface area (TPSA) is 82.2 Å². The second-order valence-corrected chi connectivity index (χ2v) is 9.37. The molecule has 1 spiro atoms. The Morgan fingerprint density at radius 1 is 1.14 bits per heavy atom. The van der Waals surface area contributed by atoms with Gasteiger partial charge in [0.05, 0.1) is 12.2 Å². The zero-order valence-corrected chi connectivity index (χ0v) is 16.5. The van der Waals surface area contributed by atoms with Crippen LogP contribution in [0.5, 0.6) is 0 Å². The Morgan fingerprint density at radius 2 is 1.86 bits per heavy atom. The van der Waals surface area contributed by atoms with Crippen LogP contribution in [0, 0.1) is 5.41 Å². The molecular weight excluding hydrogens is 360 g/mol. The molecule has 4 aliphatic rings. The van der Waals surface area contributed by atoms with Gasteiger partial charge in [-0.2, -0.15) is 0 Å². The number of oxazole rings is 1. The van der Waals surface area contributed by atoms with Gasteiger partial charge >= 0.3 is 11.8 Å². The number of aromatic nitrogens is 1. The van der Waals surface area contributed by atoms with Crippen molar-refractivity contribution in [2.24, 2.45) is 12.5 Å². The first-order valence-electron chi connectivity index (χ1n) is 10.6. The van der Waals surface area contributed by atoms with Gasteiger partial charge in [0.15, 0.2) is 0 Å². The molecule has 1 aliphatic carbocycles. The fraction of sp³-hybridized carbons (Fsp3) is 0.800. The Morgan fingerprint density at radius 3 is 2.46 bits per heavy atom. The first kappa shape index (κ1) is 18.2. The van der Waals surface area contributed by atoms with Crippen molar-refractivity contribution in [1.29, 1.82) is 0 Å². The number of likely N-dealkylation sites (tertiary alicyclic amines) is 3. The molecule has 4 heterocycles. The predicted molar refractivity (Wildman–Crippen MR) is 102 cm³/mol. The highest BCUT2D eigenvalue weighted by Gasteiger charge is 2.55. The van der Waals surface area contributed by atoms with Crippen LogP contribution in [0.1, 0.15) is 50.3 Å². The van der Waals surface area contributed by atoms with Gasteiger partial charge in [0.25, 0.3) is 0 Å². The summed E-state index contributed by atoms with van der Waals surface area (Å²) >= 11 is 0. The quantitative estimate of drug-likeness (QED) is 0.846. The number of nitrogens with zero attached hydrogens (tertiary/aromatic N) is 4. The second-order valence-electron chi connectivity index (χ2n) is 9.37. The van der Waals surface area contributed by atoms with Crippen molar-refractivity contribution in [3.63, 3.8) is 0 Å². The van der Waals surface area contributed by atoms with Crippen molar-refractivity contribution < 1.29 is 14.3 Å². The summed E-state index contributed by atoms with van der Waals surface area (Å²) in [6.07, 6.45) is 7.95. The van der Waals surface area contributed by atoms with Crippen LogP contribution in [0.15, 0.2) is 15.4 Å². The molecule has 0 bridgehead atoms. The van der Waals surface area contributed by atoms with E-state index in [1.54, 1.807) is 7.05 Å². The van der Waals surface area contributed by atoms with Crippen LogP contribution in [0.2, 0.25) is 0 Å². The number of carbonyl (C=O) groups is 1. The lowest BCUT2D eigenvalue weighted by Gasteiger charge is -2.61. The van der Waals surface area contributed by atoms with Gasteiger partial charge in [0.1, 0.15) is 5.76 Å². The maximum absolute atomic E-state index is 11.7. The smallest absolute Gasteiger partial charge is 0.418 e. The molecule has 1 aromatic rings. The van der Waals surface area contributed by atoms with E-state index in [4.69, 9.17) is 9.52 Å². The lowest BCUT2D eigenvalue weighted by molar-refractivity contribution is -0.103.